The Balaban J connectivity index is 1.89. The summed E-state index contributed by atoms with van der Waals surface area (Å²) in [5.41, 5.74) is -0.661. The molecule has 0 radical (unpaired) electrons. The van der Waals surface area contributed by atoms with Crippen molar-refractivity contribution in [1.29, 1.82) is 0 Å². The molecule has 1 unspecified atom stereocenters. The lowest BCUT2D eigenvalue weighted by Crippen LogP contribution is -2.58. The average Bonchev–Trinajstić information content (AvgIpc) is 3.06. The maximum atomic E-state index is 13.2. The molecule has 2 amide bonds. The van der Waals surface area contributed by atoms with Crippen molar-refractivity contribution >= 4 is 17.8 Å². The monoisotopic (exact) mass is 376 g/mol. The van der Waals surface area contributed by atoms with Gasteiger partial charge in [0.15, 0.2) is 6.04 Å². The first-order valence-electron chi connectivity index (χ1n) is 9.04. The molecule has 1 aromatic rings. The molecule has 1 N–H and O–H groups in total. The predicted molar refractivity (Wildman–Crippen MR) is 95.4 cm³/mol. The highest BCUT2D eigenvalue weighted by molar-refractivity contribution is 5.97. The fraction of sp³-hybridized carbons (Fsp3) is 0.526. The SMILES string of the molecule is CCC(=O)N1CCC2(CC1)OCC(C(=O)O)N2C(=O)c1cccc(OC)c1. The number of hydrogen-bond donors (Lipinski definition) is 1. The number of rotatable bonds is 4. The number of hydrogen-bond acceptors (Lipinski definition) is 5. The van der Waals surface area contributed by atoms with Crippen LogP contribution in [-0.2, 0) is 14.3 Å². The summed E-state index contributed by atoms with van der Waals surface area (Å²) in [4.78, 5) is 40.0. The summed E-state index contributed by atoms with van der Waals surface area (Å²) < 4.78 is 11.1. The number of methoxy groups -OCH3 is 1. The number of carboxylic acids is 1. The lowest BCUT2D eigenvalue weighted by atomic mass is 9.96. The third-order valence-electron chi connectivity index (χ3n) is 5.28. The van der Waals surface area contributed by atoms with Gasteiger partial charge in [0, 0.05) is 37.9 Å². The van der Waals surface area contributed by atoms with Crippen molar-refractivity contribution in [3.8, 4) is 5.75 Å². The van der Waals surface area contributed by atoms with E-state index in [1.54, 1.807) is 36.1 Å². The minimum Gasteiger partial charge on any atom is -0.497 e. The van der Waals surface area contributed by atoms with E-state index in [4.69, 9.17) is 9.47 Å². The molecule has 0 aliphatic carbocycles. The highest BCUT2D eigenvalue weighted by Crippen LogP contribution is 2.38. The molecule has 2 saturated heterocycles. The number of carboxylic acid groups (broad SMARTS) is 1. The van der Waals surface area contributed by atoms with E-state index in [9.17, 15) is 19.5 Å². The number of carbonyl (C=O) groups excluding carboxylic acids is 2. The van der Waals surface area contributed by atoms with Gasteiger partial charge in [-0.2, -0.15) is 0 Å². The minimum atomic E-state index is -1.10. The number of likely N-dealkylation sites (tertiary alicyclic amines) is 1. The van der Waals surface area contributed by atoms with E-state index >= 15 is 0 Å². The zero-order valence-corrected chi connectivity index (χ0v) is 15.5. The Morgan fingerprint density at radius 3 is 2.59 bits per heavy atom. The molecule has 0 aromatic heterocycles. The molecule has 0 saturated carbocycles. The quantitative estimate of drug-likeness (QED) is 0.852. The number of ether oxygens (including phenoxy) is 2. The van der Waals surface area contributed by atoms with E-state index in [1.807, 2.05) is 0 Å². The van der Waals surface area contributed by atoms with Crippen molar-refractivity contribution in [2.24, 2.45) is 0 Å². The summed E-state index contributed by atoms with van der Waals surface area (Å²) >= 11 is 0. The Kier molecular flexibility index (Phi) is 5.36. The van der Waals surface area contributed by atoms with Gasteiger partial charge >= 0.3 is 5.97 Å². The van der Waals surface area contributed by atoms with Gasteiger partial charge in [0.1, 0.15) is 11.5 Å². The molecule has 1 aromatic carbocycles. The third-order valence-corrected chi connectivity index (χ3v) is 5.28. The molecule has 1 spiro atoms. The second-order valence-electron chi connectivity index (χ2n) is 6.75. The number of carbonyl (C=O) groups is 3. The molecule has 2 heterocycles. The topological polar surface area (TPSA) is 96.4 Å². The van der Waals surface area contributed by atoms with Crippen LogP contribution in [0.2, 0.25) is 0 Å². The number of aliphatic carboxylic acids is 1. The van der Waals surface area contributed by atoms with Crippen LogP contribution >= 0.6 is 0 Å². The van der Waals surface area contributed by atoms with E-state index in [0.717, 1.165) is 0 Å². The van der Waals surface area contributed by atoms with Gasteiger partial charge in [-0.1, -0.05) is 13.0 Å². The smallest absolute Gasteiger partial charge is 0.328 e. The van der Waals surface area contributed by atoms with Crippen LogP contribution < -0.4 is 4.74 Å². The Morgan fingerprint density at radius 2 is 2.00 bits per heavy atom. The molecule has 2 aliphatic heterocycles. The van der Waals surface area contributed by atoms with E-state index in [2.05, 4.69) is 0 Å². The van der Waals surface area contributed by atoms with Crippen molar-refractivity contribution in [2.45, 2.75) is 38.0 Å². The summed E-state index contributed by atoms with van der Waals surface area (Å²) in [7, 11) is 1.50. The summed E-state index contributed by atoms with van der Waals surface area (Å²) in [5.74, 6) is -0.946. The summed E-state index contributed by atoms with van der Waals surface area (Å²) in [6.45, 7) is 2.60. The van der Waals surface area contributed by atoms with Crippen LogP contribution in [-0.4, -0.2) is 71.3 Å². The van der Waals surface area contributed by atoms with Crippen molar-refractivity contribution in [1.82, 2.24) is 9.80 Å². The molecule has 3 rings (SSSR count). The van der Waals surface area contributed by atoms with Crippen LogP contribution in [0.15, 0.2) is 24.3 Å². The van der Waals surface area contributed by atoms with Gasteiger partial charge in [-0.25, -0.2) is 4.79 Å². The standard InChI is InChI=1S/C19H24N2O6/c1-3-16(22)20-9-7-19(8-10-20)21(15(12-27-19)18(24)25)17(23)13-5-4-6-14(11-13)26-2/h4-6,11,15H,3,7-10,12H2,1-2H3,(H,24,25). The molecule has 1 atom stereocenters. The molecule has 2 fully saturated rings. The fourth-order valence-electron chi connectivity index (χ4n) is 3.78. The average molecular weight is 376 g/mol. The number of benzene rings is 1. The first-order chi connectivity index (χ1) is 12.9. The lowest BCUT2D eigenvalue weighted by Gasteiger charge is -2.44. The van der Waals surface area contributed by atoms with Crippen LogP contribution in [0.5, 0.6) is 5.75 Å². The van der Waals surface area contributed by atoms with Gasteiger partial charge in [-0.05, 0) is 18.2 Å². The summed E-state index contributed by atoms with van der Waals surface area (Å²) in [6, 6.07) is 5.57. The molecule has 146 valence electrons. The van der Waals surface area contributed by atoms with Gasteiger partial charge in [-0.3, -0.25) is 14.5 Å². The fourth-order valence-corrected chi connectivity index (χ4v) is 3.78. The van der Waals surface area contributed by atoms with Crippen LogP contribution in [0, 0.1) is 0 Å². The second-order valence-corrected chi connectivity index (χ2v) is 6.75. The molecule has 2 aliphatic rings. The normalized spacial score (nSPS) is 21.3. The van der Waals surface area contributed by atoms with Crippen molar-refractivity contribution in [2.75, 3.05) is 26.8 Å². The van der Waals surface area contributed by atoms with Gasteiger partial charge in [-0.15, -0.1) is 0 Å². The molecule has 0 bridgehead atoms. The largest absolute Gasteiger partial charge is 0.497 e. The van der Waals surface area contributed by atoms with E-state index in [0.29, 0.717) is 43.7 Å². The van der Waals surface area contributed by atoms with Crippen LogP contribution in [0.4, 0.5) is 0 Å². The zero-order chi connectivity index (χ0) is 19.6. The van der Waals surface area contributed by atoms with Crippen LogP contribution in [0.3, 0.4) is 0 Å². The Hall–Kier alpha value is -2.61. The summed E-state index contributed by atoms with van der Waals surface area (Å²) in [5, 5.41) is 9.61. The van der Waals surface area contributed by atoms with Crippen molar-refractivity contribution in [3.05, 3.63) is 29.8 Å². The van der Waals surface area contributed by atoms with E-state index in [1.165, 1.54) is 12.0 Å². The van der Waals surface area contributed by atoms with Crippen LogP contribution in [0.25, 0.3) is 0 Å². The van der Waals surface area contributed by atoms with Gasteiger partial charge in [0.2, 0.25) is 5.91 Å². The first kappa shape index (κ1) is 19.2. The van der Waals surface area contributed by atoms with E-state index < -0.39 is 23.6 Å². The molecule has 8 nitrogen and oxygen atoms in total. The lowest BCUT2D eigenvalue weighted by molar-refractivity contribution is -0.147. The minimum absolute atomic E-state index is 0.0447. The highest BCUT2D eigenvalue weighted by atomic mass is 16.5. The first-order valence-corrected chi connectivity index (χ1v) is 9.04. The number of nitrogens with zero attached hydrogens (tertiary/aromatic N) is 2. The Morgan fingerprint density at radius 1 is 1.30 bits per heavy atom. The van der Waals surface area contributed by atoms with Crippen LogP contribution in [0.1, 0.15) is 36.5 Å². The van der Waals surface area contributed by atoms with Crippen molar-refractivity contribution in [3.63, 3.8) is 0 Å². The number of amides is 2. The molecular weight excluding hydrogens is 352 g/mol. The summed E-state index contributed by atoms with van der Waals surface area (Å²) in [6.07, 6.45) is 1.19. The molecule has 27 heavy (non-hydrogen) atoms. The second kappa shape index (κ2) is 7.56. The predicted octanol–water partition coefficient (Wildman–Crippen LogP) is 1.35. The maximum Gasteiger partial charge on any atom is 0.328 e. The third kappa shape index (κ3) is 3.49. The van der Waals surface area contributed by atoms with Gasteiger partial charge < -0.3 is 19.5 Å². The Bertz CT molecular complexity index is 741. The van der Waals surface area contributed by atoms with E-state index in [-0.39, 0.29) is 12.5 Å². The zero-order valence-electron chi connectivity index (χ0n) is 15.5. The van der Waals surface area contributed by atoms with Crippen molar-refractivity contribution < 1.29 is 29.0 Å². The number of piperidine rings is 1. The van der Waals surface area contributed by atoms with Gasteiger partial charge in [0.25, 0.3) is 5.91 Å². The molecular formula is C19H24N2O6. The Labute approximate surface area is 157 Å². The molecule has 8 heteroatoms. The van der Waals surface area contributed by atoms with Gasteiger partial charge in [0.05, 0.1) is 13.7 Å². The maximum absolute atomic E-state index is 13.2. The highest BCUT2D eigenvalue weighted by Gasteiger charge is 2.54.